The molecular weight excluding hydrogens is 183 g/mol. The zero-order chi connectivity index (χ0) is 9.44. The first-order chi connectivity index (χ1) is 4.91. The van der Waals surface area contributed by atoms with Crippen molar-refractivity contribution in [1.82, 2.24) is 0 Å². The van der Waals surface area contributed by atoms with Crippen LogP contribution in [0.2, 0.25) is 0 Å². The van der Waals surface area contributed by atoms with Crippen LogP contribution in [-0.4, -0.2) is 0 Å². The molecule has 0 aromatic heterocycles. The second kappa shape index (κ2) is 11.6. The molecule has 0 heterocycles. The molecular formula is C11H24V. The van der Waals surface area contributed by atoms with Crippen LogP contribution in [0.25, 0.3) is 0 Å². The molecule has 0 rings (SSSR count). The topological polar surface area (TPSA) is 0 Å². The van der Waals surface area contributed by atoms with Gasteiger partial charge in [0.1, 0.15) is 0 Å². The van der Waals surface area contributed by atoms with Crippen LogP contribution in [0.4, 0.5) is 0 Å². The van der Waals surface area contributed by atoms with Gasteiger partial charge in [-0.2, -0.15) is 40.0 Å². The van der Waals surface area contributed by atoms with Crippen molar-refractivity contribution in [3.63, 3.8) is 0 Å². The van der Waals surface area contributed by atoms with Crippen LogP contribution in [0.5, 0.6) is 0 Å². The van der Waals surface area contributed by atoms with Gasteiger partial charge in [-0.15, -0.1) is 0 Å². The minimum absolute atomic E-state index is 0. The summed E-state index contributed by atoms with van der Waals surface area (Å²) in [7, 11) is 0. The van der Waals surface area contributed by atoms with Gasteiger partial charge >= 0.3 is 18.6 Å². The molecule has 73 valence electrons. The Balaban J connectivity index is -0.000000126. The Labute approximate surface area is 91.4 Å². The summed E-state index contributed by atoms with van der Waals surface area (Å²) >= 11 is 0. The Morgan fingerprint density at radius 2 is 1.17 bits per heavy atom. The summed E-state index contributed by atoms with van der Waals surface area (Å²) in [5.74, 6) is 3.78. The first-order valence-electron chi connectivity index (χ1n) is 4.50. The third-order valence-corrected chi connectivity index (χ3v) is 1.86. The van der Waals surface area contributed by atoms with Crippen molar-refractivity contribution in [2.75, 3.05) is 0 Å². The average molecular weight is 207 g/mol. The van der Waals surface area contributed by atoms with Crippen LogP contribution < -0.4 is 0 Å². The van der Waals surface area contributed by atoms with Crippen molar-refractivity contribution >= 4 is 0 Å². The van der Waals surface area contributed by atoms with E-state index in [9.17, 15) is 0 Å². The number of hydrogen-bond acceptors (Lipinski definition) is 0. The molecule has 0 aromatic rings. The van der Waals surface area contributed by atoms with E-state index in [0.29, 0.717) is 0 Å². The van der Waals surface area contributed by atoms with Gasteiger partial charge < -0.3 is 11.8 Å². The maximum atomic E-state index is 2.20. The largest absolute Gasteiger partial charge is 2.00 e. The molecule has 0 N–H and O–H groups in total. The monoisotopic (exact) mass is 207 g/mol. The molecule has 0 aliphatic carbocycles. The van der Waals surface area contributed by atoms with E-state index in [0.717, 1.165) is 5.92 Å². The summed E-state index contributed by atoms with van der Waals surface area (Å²) in [5, 5.41) is 0. The molecule has 0 fully saturated rings. The molecule has 1 radical (unpaired) electrons. The summed E-state index contributed by atoms with van der Waals surface area (Å²) in [5.41, 5.74) is 0. The van der Waals surface area contributed by atoms with E-state index in [2.05, 4.69) is 48.5 Å². The van der Waals surface area contributed by atoms with E-state index < -0.39 is 0 Å². The van der Waals surface area contributed by atoms with Crippen molar-refractivity contribution < 1.29 is 18.6 Å². The summed E-state index contributed by atoms with van der Waals surface area (Å²) in [6.45, 7) is 15.2. The van der Waals surface area contributed by atoms with Crippen LogP contribution in [0, 0.1) is 17.8 Å². The van der Waals surface area contributed by atoms with Gasteiger partial charge in [0.15, 0.2) is 0 Å². The Kier molecular flexibility index (Phi) is 17.7. The normalized spacial score (nSPS) is 9.50. The number of hydrogen-bond donors (Lipinski definition) is 0. The van der Waals surface area contributed by atoms with Crippen LogP contribution in [0.3, 0.4) is 0 Å². The molecule has 12 heavy (non-hydrogen) atoms. The van der Waals surface area contributed by atoms with Gasteiger partial charge in [0.05, 0.1) is 0 Å². The van der Waals surface area contributed by atoms with E-state index in [1.807, 2.05) is 0 Å². The molecule has 0 spiro atoms. The fourth-order valence-corrected chi connectivity index (χ4v) is 0. The molecule has 0 atom stereocenters. The van der Waals surface area contributed by atoms with Crippen molar-refractivity contribution in [3.05, 3.63) is 11.8 Å². The molecule has 0 aliphatic rings. The first kappa shape index (κ1) is 18.4. The van der Waals surface area contributed by atoms with E-state index in [-0.39, 0.29) is 18.6 Å². The minimum Gasteiger partial charge on any atom is -0.320 e. The van der Waals surface area contributed by atoms with Crippen molar-refractivity contribution in [1.29, 1.82) is 0 Å². The third-order valence-electron chi connectivity index (χ3n) is 1.86. The van der Waals surface area contributed by atoms with Gasteiger partial charge in [0.25, 0.3) is 0 Å². The van der Waals surface area contributed by atoms with Gasteiger partial charge in [-0.1, -0.05) is 20.8 Å². The maximum absolute atomic E-state index is 2.20. The standard InChI is InChI=1S/C6H13.C5H11.V/c1-5(2)6(3)4;1-4-5(2)3;/h5H,1-4H3;4H2,1-3H3;/q2*-1;+2. The zero-order valence-electron chi connectivity index (χ0n) is 9.73. The molecule has 0 nitrogen and oxygen atoms in total. The molecule has 0 saturated carbocycles. The smallest absolute Gasteiger partial charge is 0.320 e. The third kappa shape index (κ3) is 22.4. The minimum atomic E-state index is 0. The van der Waals surface area contributed by atoms with Gasteiger partial charge in [-0.3, -0.25) is 0 Å². The Bertz CT molecular complexity index is 59.4. The van der Waals surface area contributed by atoms with Crippen LogP contribution in [0.15, 0.2) is 0 Å². The Morgan fingerprint density at radius 1 is 1.00 bits per heavy atom. The fourth-order valence-electron chi connectivity index (χ4n) is 0. The summed E-state index contributed by atoms with van der Waals surface area (Å²) in [6, 6.07) is 0. The van der Waals surface area contributed by atoms with E-state index >= 15 is 0 Å². The van der Waals surface area contributed by atoms with Crippen molar-refractivity contribution in [3.8, 4) is 0 Å². The average Bonchev–Trinajstić information content (AvgIpc) is 1.89. The number of rotatable bonds is 2. The molecule has 0 unspecified atom stereocenters. The van der Waals surface area contributed by atoms with E-state index in [1.54, 1.807) is 0 Å². The second-order valence-electron chi connectivity index (χ2n) is 3.79. The molecule has 0 amide bonds. The van der Waals surface area contributed by atoms with Crippen LogP contribution >= 0.6 is 0 Å². The van der Waals surface area contributed by atoms with Gasteiger partial charge in [-0.05, 0) is 0 Å². The second-order valence-corrected chi connectivity index (χ2v) is 3.79. The summed E-state index contributed by atoms with van der Waals surface area (Å²) in [6.07, 6.45) is 1.22. The molecule has 0 aromatic carbocycles. The maximum Gasteiger partial charge on any atom is 2.00 e. The molecule has 0 bridgehead atoms. The van der Waals surface area contributed by atoms with Gasteiger partial charge in [0, 0.05) is 0 Å². The predicted octanol–water partition coefficient (Wildman–Crippen LogP) is 4.26. The summed E-state index contributed by atoms with van der Waals surface area (Å²) < 4.78 is 0. The van der Waals surface area contributed by atoms with Crippen molar-refractivity contribution in [2.45, 2.75) is 54.9 Å². The predicted molar refractivity (Wildman–Crippen MR) is 54.3 cm³/mol. The molecule has 1 heteroatoms. The van der Waals surface area contributed by atoms with Crippen LogP contribution in [0.1, 0.15) is 54.9 Å². The van der Waals surface area contributed by atoms with Gasteiger partial charge in [-0.25, -0.2) is 0 Å². The van der Waals surface area contributed by atoms with E-state index in [1.165, 1.54) is 18.3 Å². The fraction of sp³-hybridized carbons (Fsp3) is 0.818. The Morgan fingerprint density at radius 3 is 1.17 bits per heavy atom. The molecule has 0 saturated heterocycles. The SMILES string of the molecule is CC[C-](C)C.C[C-](C)C(C)C.[V+2]. The van der Waals surface area contributed by atoms with Crippen LogP contribution in [-0.2, 0) is 18.6 Å². The van der Waals surface area contributed by atoms with Gasteiger partial charge in [0.2, 0.25) is 0 Å². The quantitative estimate of drug-likeness (QED) is 0.593. The van der Waals surface area contributed by atoms with E-state index in [4.69, 9.17) is 0 Å². The molecule has 0 aliphatic heterocycles. The van der Waals surface area contributed by atoms with Crippen molar-refractivity contribution in [2.24, 2.45) is 5.92 Å². The summed E-state index contributed by atoms with van der Waals surface area (Å²) in [4.78, 5) is 0. The Hall–Kier alpha value is 0.584. The first-order valence-corrected chi connectivity index (χ1v) is 4.50. The zero-order valence-corrected chi connectivity index (χ0v) is 11.1.